The van der Waals surface area contributed by atoms with Crippen LogP contribution in [0.15, 0.2) is 54.7 Å². The Morgan fingerprint density at radius 3 is 2.29 bits per heavy atom. The number of carbonyl (C=O) groups excluding carboxylic acids is 1. The maximum atomic E-state index is 13.4. The van der Waals surface area contributed by atoms with Gasteiger partial charge in [-0.05, 0) is 100 Å². The number of hydrogen-bond acceptors (Lipinski definition) is 3. The summed E-state index contributed by atoms with van der Waals surface area (Å²) < 4.78 is 11.3. The first-order valence-corrected chi connectivity index (χ1v) is 14.5. The summed E-state index contributed by atoms with van der Waals surface area (Å²) in [6, 6.07) is 14.0. The second-order valence-corrected chi connectivity index (χ2v) is 12.0. The average Bonchev–Trinajstić information content (AvgIpc) is 3.11. The molecule has 1 saturated heterocycles. The molecule has 1 aliphatic carbocycles. The van der Waals surface area contributed by atoms with Crippen molar-refractivity contribution in [1.82, 2.24) is 4.90 Å². The van der Waals surface area contributed by atoms with E-state index in [-0.39, 0.29) is 35.3 Å². The van der Waals surface area contributed by atoms with Crippen molar-refractivity contribution in [2.45, 2.75) is 91.2 Å². The van der Waals surface area contributed by atoms with Crippen molar-refractivity contribution in [1.29, 1.82) is 0 Å². The van der Waals surface area contributed by atoms with E-state index in [2.05, 4.69) is 38.6 Å². The SMILES string of the molecule is C=C1N(C(=O)OC(C)(C)C)C(C)C2C(c3ccc(Cl)cc3)C(c3ccc(OC)cc3Cl)CCC12CC.CC. The molecule has 1 amide bonds. The fourth-order valence-corrected chi connectivity index (χ4v) is 7.15. The Kier molecular flexibility index (Phi) is 9.53. The molecule has 2 aromatic rings. The third kappa shape index (κ3) is 5.58. The Hall–Kier alpha value is -2.17. The lowest BCUT2D eigenvalue weighted by Crippen LogP contribution is -2.43. The number of hydrogen-bond donors (Lipinski definition) is 0. The van der Waals surface area contributed by atoms with Crippen molar-refractivity contribution in [3.63, 3.8) is 0 Å². The Morgan fingerprint density at radius 1 is 1.13 bits per heavy atom. The lowest BCUT2D eigenvalue weighted by atomic mass is 9.54. The number of likely N-dealkylation sites (tertiary alicyclic amines) is 1. The van der Waals surface area contributed by atoms with Gasteiger partial charge in [-0.15, -0.1) is 0 Å². The molecule has 4 rings (SSSR count). The number of ether oxygens (including phenoxy) is 2. The highest BCUT2D eigenvalue weighted by molar-refractivity contribution is 6.31. The van der Waals surface area contributed by atoms with Crippen LogP contribution in [0.2, 0.25) is 10.0 Å². The monoisotopic (exact) mass is 559 g/mol. The molecule has 2 aliphatic rings. The van der Waals surface area contributed by atoms with Gasteiger partial charge in [0.25, 0.3) is 0 Å². The number of carbonyl (C=O) groups is 1. The fourth-order valence-electron chi connectivity index (χ4n) is 6.71. The predicted molar refractivity (Wildman–Crippen MR) is 158 cm³/mol. The standard InChI is InChI=1S/C30H37Cl2NO3.C2H6/c1-8-30-16-15-24(23-14-13-22(35-7)17-25(23)32)26(20-9-11-21(31)12-10-20)27(30)18(2)33(19(30)3)28(34)36-29(4,5)6;1-2/h9-14,17-18,24,26-27H,3,8,15-16H2,1-2,4-7H3;1-2H3. The van der Waals surface area contributed by atoms with E-state index in [9.17, 15) is 4.79 Å². The molecule has 1 heterocycles. The van der Waals surface area contributed by atoms with E-state index >= 15 is 0 Å². The van der Waals surface area contributed by atoms with E-state index < -0.39 is 5.60 Å². The second-order valence-electron chi connectivity index (χ2n) is 11.2. The van der Waals surface area contributed by atoms with Crippen molar-refractivity contribution < 1.29 is 14.3 Å². The molecule has 1 aliphatic heterocycles. The van der Waals surface area contributed by atoms with Gasteiger partial charge >= 0.3 is 6.09 Å². The highest BCUT2D eigenvalue weighted by Gasteiger charge is 2.61. The maximum absolute atomic E-state index is 13.4. The summed E-state index contributed by atoms with van der Waals surface area (Å²) in [5.41, 5.74) is 2.38. The summed E-state index contributed by atoms with van der Waals surface area (Å²) in [6.07, 6.45) is 2.43. The van der Waals surface area contributed by atoms with Crippen LogP contribution in [-0.4, -0.2) is 29.7 Å². The molecule has 0 radical (unpaired) electrons. The Balaban J connectivity index is 0.00000195. The molecule has 4 nitrogen and oxygen atoms in total. The molecule has 0 N–H and O–H groups in total. The van der Waals surface area contributed by atoms with Gasteiger partial charge < -0.3 is 9.47 Å². The zero-order valence-corrected chi connectivity index (χ0v) is 25.6. The molecule has 0 aromatic heterocycles. The van der Waals surface area contributed by atoms with Crippen molar-refractivity contribution in [2.75, 3.05) is 7.11 Å². The maximum Gasteiger partial charge on any atom is 0.414 e. The minimum atomic E-state index is -0.584. The van der Waals surface area contributed by atoms with Crippen LogP contribution >= 0.6 is 23.2 Å². The molecule has 1 saturated carbocycles. The van der Waals surface area contributed by atoms with E-state index in [0.29, 0.717) is 10.0 Å². The van der Waals surface area contributed by atoms with E-state index in [1.165, 1.54) is 5.56 Å². The van der Waals surface area contributed by atoms with Crippen LogP contribution in [0.4, 0.5) is 4.79 Å². The quantitative estimate of drug-likeness (QED) is 0.374. The lowest BCUT2D eigenvalue weighted by Gasteiger charge is -2.49. The summed E-state index contributed by atoms with van der Waals surface area (Å²) in [4.78, 5) is 15.3. The van der Waals surface area contributed by atoms with Crippen LogP contribution in [0, 0.1) is 11.3 Å². The number of fused-ring (bicyclic) bond motifs is 1. The molecule has 5 atom stereocenters. The van der Waals surface area contributed by atoms with Crippen molar-refractivity contribution >= 4 is 29.3 Å². The highest BCUT2D eigenvalue weighted by Crippen LogP contribution is 2.65. The van der Waals surface area contributed by atoms with E-state index in [0.717, 1.165) is 36.3 Å². The molecular formula is C32H43Cl2NO3. The van der Waals surface area contributed by atoms with Gasteiger partial charge in [0.05, 0.1) is 7.11 Å². The van der Waals surface area contributed by atoms with E-state index in [4.69, 9.17) is 32.7 Å². The summed E-state index contributed by atoms with van der Waals surface area (Å²) in [6.45, 7) is 18.5. The third-order valence-electron chi connectivity index (χ3n) is 8.24. The van der Waals surface area contributed by atoms with Crippen molar-refractivity contribution in [3.8, 4) is 5.75 Å². The second kappa shape index (κ2) is 11.9. The van der Waals surface area contributed by atoms with Crippen molar-refractivity contribution in [2.24, 2.45) is 11.3 Å². The fraction of sp³-hybridized carbons (Fsp3) is 0.531. The van der Waals surface area contributed by atoms with Gasteiger partial charge in [0.2, 0.25) is 0 Å². The summed E-state index contributed by atoms with van der Waals surface area (Å²) in [7, 11) is 1.65. The Labute approximate surface area is 239 Å². The third-order valence-corrected chi connectivity index (χ3v) is 8.81. The van der Waals surface area contributed by atoms with Gasteiger partial charge in [-0.3, -0.25) is 4.90 Å². The molecular weight excluding hydrogens is 517 g/mol. The molecule has 2 fully saturated rings. The minimum Gasteiger partial charge on any atom is -0.497 e. The van der Waals surface area contributed by atoms with Crippen LogP contribution in [0.5, 0.6) is 5.75 Å². The molecule has 208 valence electrons. The smallest absolute Gasteiger partial charge is 0.414 e. The molecule has 5 unspecified atom stereocenters. The van der Waals surface area contributed by atoms with Crippen LogP contribution in [0.25, 0.3) is 0 Å². The predicted octanol–water partition coefficient (Wildman–Crippen LogP) is 9.85. The summed E-state index contributed by atoms with van der Waals surface area (Å²) in [5, 5.41) is 1.41. The number of halogens is 2. The highest BCUT2D eigenvalue weighted by atomic mass is 35.5. The van der Waals surface area contributed by atoms with Crippen LogP contribution in [-0.2, 0) is 4.74 Å². The van der Waals surface area contributed by atoms with Gasteiger partial charge in [0, 0.05) is 27.2 Å². The number of rotatable bonds is 4. The van der Waals surface area contributed by atoms with Gasteiger partial charge in [-0.25, -0.2) is 4.79 Å². The van der Waals surface area contributed by atoms with Crippen LogP contribution < -0.4 is 4.74 Å². The molecule has 0 bridgehead atoms. The zero-order valence-electron chi connectivity index (χ0n) is 24.1. The number of benzene rings is 2. The number of allylic oxidation sites excluding steroid dienone is 1. The summed E-state index contributed by atoms with van der Waals surface area (Å²) in [5.74, 6) is 1.16. The molecule has 6 heteroatoms. The number of nitrogens with zero attached hydrogens (tertiary/aromatic N) is 1. The topological polar surface area (TPSA) is 38.8 Å². The van der Waals surface area contributed by atoms with Gasteiger partial charge in [0.15, 0.2) is 0 Å². The normalized spacial score (nSPS) is 26.8. The van der Waals surface area contributed by atoms with E-state index in [1.54, 1.807) is 7.11 Å². The average molecular weight is 561 g/mol. The van der Waals surface area contributed by atoms with E-state index in [1.807, 2.05) is 63.8 Å². The lowest BCUT2D eigenvalue weighted by molar-refractivity contribution is 0.0261. The first kappa shape index (κ1) is 30.4. The Bertz CT molecular complexity index is 1140. The van der Waals surface area contributed by atoms with Gasteiger partial charge in [0.1, 0.15) is 11.4 Å². The summed E-state index contributed by atoms with van der Waals surface area (Å²) >= 11 is 13.1. The van der Waals surface area contributed by atoms with Gasteiger partial charge in [-0.1, -0.05) is 68.8 Å². The largest absolute Gasteiger partial charge is 0.497 e. The van der Waals surface area contributed by atoms with Crippen LogP contribution in [0.1, 0.15) is 90.7 Å². The zero-order chi connectivity index (χ0) is 28.4. The molecule has 38 heavy (non-hydrogen) atoms. The number of amides is 1. The van der Waals surface area contributed by atoms with Crippen LogP contribution in [0.3, 0.4) is 0 Å². The Morgan fingerprint density at radius 2 is 1.76 bits per heavy atom. The first-order valence-electron chi connectivity index (χ1n) is 13.7. The molecule has 2 aromatic carbocycles. The molecule has 0 spiro atoms. The van der Waals surface area contributed by atoms with Gasteiger partial charge in [-0.2, -0.15) is 0 Å². The first-order chi connectivity index (χ1) is 17.9. The minimum absolute atomic E-state index is 0.0900. The van der Waals surface area contributed by atoms with Crippen molar-refractivity contribution in [3.05, 3.63) is 75.9 Å². The number of methoxy groups -OCH3 is 1.